The second-order valence-corrected chi connectivity index (χ2v) is 3.35. The van der Waals surface area contributed by atoms with Crippen molar-refractivity contribution in [1.29, 1.82) is 5.26 Å². The summed E-state index contributed by atoms with van der Waals surface area (Å²) in [5.41, 5.74) is 0.400. The number of fused-ring (bicyclic) bond motifs is 1. The van der Waals surface area contributed by atoms with Crippen molar-refractivity contribution in [2.75, 3.05) is 7.11 Å². The summed E-state index contributed by atoms with van der Waals surface area (Å²) in [4.78, 5) is 3.94. The summed E-state index contributed by atoms with van der Waals surface area (Å²) in [7, 11) is 1.59. The van der Waals surface area contributed by atoms with Crippen LogP contribution >= 0.6 is 11.6 Å². The van der Waals surface area contributed by atoms with Gasteiger partial charge < -0.3 is 4.74 Å². The lowest BCUT2D eigenvalue weighted by molar-refractivity contribution is 0.415. The minimum Gasteiger partial charge on any atom is -0.497 e. The molecule has 1 heterocycles. The summed E-state index contributed by atoms with van der Waals surface area (Å²) < 4.78 is 5.08. The highest BCUT2D eigenvalue weighted by molar-refractivity contribution is 6.31. The van der Waals surface area contributed by atoms with Crippen LogP contribution in [-0.4, -0.2) is 12.1 Å². The first kappa shape index (κ1) is 9.75. The third-order valence-electron chi connectivity index (χ3n) is 2.16. The van der Waals surface area contributed by atoms with Crippen LogP contribution in [0.2, 0.25) is 5.15 Å². The van der Waals surface area contributed by atoms with E-state index in [1.807, 2.05) is 12.1 Å². The average molecular weight is 219 g/mol. The van der Waals surface area contributed by atoms with E-state index in [0.29, 0.717) is 5.56 Å². The standard InChI is InChI=1S/C11H7ClN2O/c1-15-8-2-3-9-7(4-8)6-14-11(12)10(9)5-13/h2-4,6H,1H3. The largest absolute Gasteiger partial charge is 0.497 e. The Kier molecular flexibility index (Phi) is 2.44. The van der Waals surface area contributed by atoms with E-state index >= 15 is 0 Å². The molecule has 0 amide bonds. The SMILES string of the molecule is COc1ccc2c(C#N)c(Cl)ncc2c1. The van der Waals surface area contributed by atoms with Crippen LogP contribution in [-0.2, 0) is 0 Å². The van der Waals surface area contributed by atoms with Crippen LogP contribution in [0.15, 0.2) is 24.4 Å². The van der Waals surface area contributed by atoms with Gasteiger partial charge in [-0.05, 0) is 18.2 Å². The normalized spacial score (nSPS) is 9.93. The Hall–Kier alpha value is -1.79. The Morgan fingerprint density at radius 3 is 2.93 bits per heavy atom. The van der Waals surface area contributed by atoms with Gasteiger partial charge in [-0.25, -0.2) is 4.98 Å². The Balaban J connectivity index is 2.79. The van der Waals surface area contributed by atoms with Crippen LogP contribution in [0.25, 0.3) is 10.8 Å². The van der Waals surface area contributed by atoms with E-state index in [1.165, 1.54) is 0 Å². The number of aromatic nitrogens is 1. The summed E-state index contributed by atoms with van der Waals surface area (Å²) in [5.74, 6) is 0.732. The molecule has 4 heteroatoms. The van der Waals surface area contributed by atoms with E-state index in [-0.39, 0.29) is 5.15 Å². The van der Waals surface area contributed by atoms with E-state index in [0.717, 1.165) is 16.5 Å². The van der Waals surface area contributed by atoms with Gasteiger partial charge >= 0.3 is 0 Å². The first-order valence-corrected chi connectivity index (χ1v) is 4.66. The van der Waals surface area contributed by atoms with Gasteiger partial charge in [0.15, 0.2) is 0 Å². The molecule has 0 atom stereocenters. The molecule has 0 bridgehead atoms. The molecular weight excluding hydrogens is 212 g/mol. The summed E-state index contributed by atoms with van der Waals surface area (Å²) in [5, 5.41) is 10.8. The van der Waals surface area contributed by atoms with Crippen LogP contribution in [0.4, 0.5) is 0 Å². The van der Waals surface area contributed by atoms with Crippen LogP contribution in [0.5, 0.6) is 5.75 Å². The molecule has 0 unspecified atom stereocenters. The number of hydrogen-bond acceptors (Lipinski definition) is 3. The number of pyridine rings is 1. The number of nitrogens with zero attached hydrogens (tertiary/aromatic N) is 2. The van der Waals surface area contributed by atoms with E-state index in [1.54, 1.807) is 25.4 Å². The third kappa shape index (κ3) is 1.60. The van der Waals surface area contributed by atoms with E-state index in [2.05, 4.69) is 4.98 Å². The fourth-order valence-electron chi connectivity index (χ4n) is 1.41. The molecule has 0 saturated heterocycles. The molecule has 0 fully saturated rings. The van der Waals surface area contributed by atoms with E-state index in [4.69, 9.17) is 21.6 Å². The van der Waals surface area contributed by atoms with Gasteiger partial charge in [0.1, 0.15) is 17.0 Å². The van der Waals surface area contributed by atoms with Crippen molar-refractivity contribution < 1.29 is 4.74 Å². The molecule has 0 aliphatic heterocycles. The summed E-state index contributed by atoms with van der Waals surface area (Å²) >= 11 is 5.81. The number of benzene rings is 1. The number of methoxy groups -OCH3 is 1. The van der Waals surface area contributed by atoms with Crippen molar-refractivity contribution >= 4 is 22.4 Å². The quantitative estimate of drug-likeness (QED) is 0.692. The lowest BCUT2D eigenvalue weighted by atomic mass is 10.1. The number of hydrogen-bond donors (Lipinski definition) is 0. The molecule has 0 spiro atoms. The molecule has 1 aromatic heterocycles. The second-order valence-electron chi connectivity index (χ2n) is 2.99. The maximum atomic E-state index is 8.94. The maximum absolute atomic E-state index is 8.94. The van der Waals surface area contributed by atoms with Gasteiger partial charge in [-0.3, -0.25) is 0 Å². The number of ether oxygens (including phenoxy) is 1. The fraction of sp³-hybridized carbons (Fsp3) is 0.0909. The second kappa shape index (κ2) is 3.76. The maximum Gasteiger partial charge on any atom is 0.147 e. The van der Waals surface area contributed by atoms with Crippen LogP contribution in [0, 0.1) is 11.3 Å². The molecule has 1 aromatic carbocycles. The molecule has 0 aliphatic rings. The summed E-state index contributed by atoms with van der Waals surface area (Å²) in [6.07, 6.45) is 1.63. The Morgan fingerprint density at radius 2 is 2.27 bits per heavy atom. The minimum atomic E-state index is 0.232. The lowest BCUT2D eigenvalue weighted by Gasteiger charge is -2.04. The molecule has 3 nitrogen and oxygen atoms in total. The third-order valence-corrected chi connectivity index (χ3v) is 2.45. The average Bonchev–Trinajstić information content (AvgIpc) is 2.28. The molecule has 0 aliphatic carbocycles. The summed E-state index contributed by atoms with van der Waals surface area (Å²) in [6.45, 7) is 0. The highest BCUT2D eigenvalue weighted by Crippen LogP contribution is 2.26. The Morgan fingerprint density at radius 1 is 1.47 bits per heavy atom. The van der Waals surface area contributed by atoms with Crippen LogP contribution < -0.4 is 4.74 Å². The zero-order valence-corrected chi connectivity index (χ0v) is 8.75. The van der Waals surface area contributed by atoms with Gasteiger partial charge in [-0.15, -0.1) is 0 Å². The first-order chi connectivity index (χ1) is 7.26. The predicted molar refractivity (Wildman–Crippen MR) is 58.0 cm³/mol. The van der Waals surface area contributed by atoms with Gasteiger partial charge in [0.25, 0.3) is 0 Å². The van der Waals surface area contributed by atoms with Gasteiger partial charge in [0.05, 0.1) is 12.7 Å². The molecular formula is C11H7ClN2O. The highest BCUT2D eigenvalue weighted by Gasteiger charge is 2.07. The molecule has 2 aromatic rings. The van der Waals surface area contributed by atoms with Crippen molar-refractivity contribution in [2.45, 2.75) is 0 Å². The smallest absolute Gasteiger partial charge is 0.147 e. The van der Waals surface area contributed by atoms with Gasteiger partial charge in [-0.2, -0.15) is 5.26 Å². The minimum absolute atomic E-state index is 0.232. The number of rotatable bonds is 1. The van der Waals surface area contributed by atoms with Gasteiger partial charge in [-0.1, -0.05) is 11.6 Å². The van der Waals surface area contributed by atoms with Crippen molar-refractivity contribution in [3.63, 3.8) is 0 Å². The number of halogens is 1. The zero-order valence-electron chi connectivity index (χ0n) is 7.99. The van der Waals surface area contributed by atoms with E-state index < -0.39 is 0 Å². The van der Waals surface area contributed by atoms with Crippen LogP contribution in [0.1, 0.15) is 5.56 Å². The fourth-order valence-corrected chi connectivity index (χ4v) is 1.60. The van der Waals surface area contributed by atoms with Crippen LogP contribution in [0.3, 0.4) is 0 Å². The van der Waals surface area contributed by atoms with Crippen molar-refractivity contribution in [2.24, 2.45) is 0 Å². The zero-order chi connectivity index (χ0) is 10.8. The van der Waals surface area contributed by atoms with Crippen molar-refractivity contribution in [3.8, 4) is 11.8 Å². The first-order valence-electron chi connectivity index (χ1n) is 4.28. The lowest BCUT2D eigenvalue weighted by Crippen LogP contribution is -1.87. The molecule has 74 valence electrons. The summed E-state index contributed by atoms with van der Waals surface area (Å²) in [6, 6.07) is 7.46. The highest BCUT2D eigenvalue weighted by atomic mass is 35.5. The Labute approximate surface area is 91.9 Å². The predicted octanol–water partition coefficient (Wildman–Crippen LogP) is 2.77. The van der Waals surface area contributed by atoms with Crippen molar-refractivity contribution in [3.05, 3.63) is 35.1 Å². The van der Waals surface area contributed by atoms with E-state index in [9.17, 15) is 0 Å². The topological polar surface area (TPSA) is 45.9 Å². The van der Waals surface area contributed by atoms with Crippen molar-refractivity contribution in [1.82, 2.24) is 4.98 Å². The van der Waals surface area contributed by atoms with Gasteiger partial charge in [0, 0.05) is 17.0 Å². The Bertz CT molecular complexity index is 560. The molecule has 0 radical (unpaired) electrons. The molecule has 0 N–H and O–H groups in total. The monoisotopic (exact) mass is 218 g/mol. The van der Waals surface area contributed by atoms with Gasteiger partial charge in [0.2, 0.25) is 0 Å². The molecule has 2 rings (SSSR count). The molecule has 0 saturated carbocycles. The number of nitriles is 1. The molecule has 15 heavy (non-hydrogen) atoms.